The van der Waals surface area contributed by atoms with Gasteiger partial charge in [-0.15, -0.1) is 5.10 Å². The van der Waals surface area contributed by atoms with Gasteiger partial charge in [0, 0.05) is 5.69 Å². The first-order chi connectivity index (χ1) is 8.79. The van der Waals surface area contributed by atoms with Gasteiger partial charge in [0.2, 0.25) is 0 Å². The number of carbonyl (C=O) groups is 1. The average molecular weight is 260 g/mol. The molecule has 1 aromatic heterocycles. The summed E-state index contributed by atoms with van der Waals surface area (Å²) in [7, 11) is 0. The number of hydrogen-bond acceptors (Lipinski definition) is 6. The maximum Gasteiger partial charge on any atom is 0.269 e. The Morgan fingerprint density at radius 2 is 2.22 bits per heavy atom. The van der Waals surface area contributed by atoms with Gasteiger partial charge in [0.1, 0.15) is 16.7 Å². The highest BCUT2D eigenvalue weighted by Gasteiger charge is 2.08. The first-order valence-corrected chi connectivity index (χ1v) is 5.75. The molecule has 0 fully saturated rings. The number of nitrogens with one attached hydrogen (secondary N) is 1. The third kappa shape index (κ3) is 3.02. The van der Waals surface area contributed by atoms with Crippen LogP contribution < -0.4 is 10.1 Å². The van der Waals surface area contributed by atoms with E-state index < -0.39 is 0 Å². The molecule has 1 amide bonds. The molecule has 0 aliphatic heterocycles. The maximum atomic E-state index is 11.7. The van der Waals surface area contributed by atoms with Gasteiger partial charge in [-0.3, -0.25) is 4.79 Å². The minimum absolute atomic E-state index is 0.00175. The molecule has 1 heterocycles. The summed E-state index contributed by atoms with van der Waals surface area (Å²) in [4.78, 5) is 12.1. The van der Waals surface area contributed by atoms with Crippen molar-refractivity contribution in [1.29, 1.82) is 5.26 Å². The second-order valence-corrected chi connectivity index (χ2v) is 3.99. The number of benzene rings is 1. The van der Waals surface area contributed by atoms with Crippen LogP contribution in [-0.2, 0) is 0 Å². The van der Waals surface area contributed by atoms with Crippen LogP contribution in [0, 0.1) is 11.3 Å². The van der Waals surface area contributed by atoms with Crippen molar-refractivity contribution >= 4 is 23.1 Å². The molecule has 6 nitrogen and oxygen atoms in total. The summed E-state index contributed by atoms with van der Waals surface area (Å²) in [5.41, 5.74) is 0.637. The molecule has 0 atom stereocenters. The molecule has 1 aromatic carbocycles. The van der Waals surface area contributed by atoms with Gasteiger partial charge >= 0.3 is 0 Å². The molecule has 0 saturated carbocycles. The van der Waals surface area contributed by atoms with Crippen LogP contribution in [0.4, 0.5) is 5.69 Å². The highest BCUT2D eigenvalue weighted by Crippen LogP contribution is 2.16. The number of rotatable bonds is 4. The van der Waals surface area contributed by atoms with Gasteiger partial charge in [-0.1, -0.05) is 4.49 Å². The first-order valence-electron chi connectivity index (χ1n) is 4.98. The van der Waals surface area contributed by atoms with E-state index in [9.17, 15) is 4.79 Å². The number of amides is 1. The summed E-state index contributed by atoms with van der Waals surface area (Å²) in [5.74, 6) is 0.324. The molecule has 90 valence electrons. The fraction of sp³-hybridized carbons (Fsp3) is 0.0909. The van der Waals surface area contributed by atoms with E-state index in [4.69, 9.17) is 10.00 Å². The Labute approximate surface area is 107 Å². The number of nitriles is 1. The number of nitrogens with zero attached hydrogens (tertiary/aromatic N) is 3. The van der Waals surface area contributed by atoms with Crippen LogP contribution in [0.3, 0.4) is 0 Å². The van der Waals surface area contributed by atoms with Crippen LogP contribution in [0.15, 0.2) is 30.5 Å². The van der Waals surface area contributed by atoms with Crippen molar-refractivity contribution in [3.63, 3.8) is 0 Å². The normalized spacial score (nSPS) is 9.50. The summed E-state index contributed by atoms with van der Waals surface area (Å²) < 4.78 is 8.71. The fourth-order valence-electron chi connectivity index (χ4n) is 1.21. The van der Waals surface area contributed by atoms with E-state index >= 15 is 0 Å². The highest BCUT2D eigenvalue weighted by atomic mass is 32.1. The average Bonchev–Trinajstić information content (AvgIpc) is 2.92. The minimum atomic E-state index is -0.254. The number of aromatic nitrogens is 2. The smallest absolute Gasteiger partial charge is 0.269 e. The Balaban J connectivity index is 1.98. The van der Waals surface area contributed by atoms with E-state index in [-0.39, 0.29) is 12.5 Å². The molecule has 2 aromatic rings. The molecule has 0 aliphatic carbocycles. The van der Waals surface area contributed by atoms with Crippen molar-refractivity contribution in [2.75, 3.05) is 11.9 Å². The van der Waals surface area contributed by atoms with E-state index in [0.29, 0.717) is 16.3 Å². The Bertz CT molecular complexity index is 560. The zero-order valence-corrected chi connectivity index (χ0v) is 9.98. The number of ether oxygens (including phenoxy) is 1. The first kappa shape index (κ1) is 12.0. The lowest BCUT2D eigenvalue weighted by Gasteiger charge is -2.05. The zero-order chi connectivity index (χ0) is 12.8. The Hall–Kier alpha value is -2.46. The quantitative estimate of drug-likeness (QED) is 0.903. The summed E-state index contributed by atoms with van der Waals surface area (Å²) in [5, 5.41) is 14.7. The second-order valence-electron chi connectivity index (χ2n) is 3.21. The monoisotopic (exact) mass is 260 g/mol. The van der Waals surface area contributed by atoms with Crippen molar-refractivity contribution in [1.82, 2.24) is 9.59 Å². The van der Waals surface area contributed by atoms with Crippen LogP contribution in [0.25, 0.3) is 0 Å². The highest BCUT2D eigenvalue weighted by molar-refractivity contribution is 7.07. The maximum absolute atomic E-state index is 11.7. The van der Waals surface area contributed by atoms with Gasteiger partial charge in [-0.2, -0.15) is 5.26 Å². The molecule has 0 unspecified atom stereocenters. The second kappa shape index (κ2) is 5.75. The lowest BCUT2D eigenvalue weighted by atomic mass is 10.3. The van der Waals surface area contributed by atoms with E-state index in [1.165, 1.54) is 6.20 Å². The Morgan fingerprint density at radius 3 is 2.83 bits per heavy atom. The molecule has 0 bridgehead atoms. The molecule has 2 rings (SSSR count). The topological polar surface area (TPSA) is 87.9 Å². The lowest BCUT2D eigenvalue weighted by Crippen LogP contribution is -2.09. The molecule has 0 spiro atoms. The summed E-state index contributed by atoms with van der Waals surface area (Å²) in [6.45, 7) is -0.00175. The lowest BCUT2D eigenvalue weighted by molar-refractivity contribution is 0.103. The molecular formula is C11H8N4O2S. The summed E-state index contributed by atoms with van der Waals surface area (Å²) >= 11 is 1.03. The van der Waals surface area contributed by atoms with E-state index in [2.05, 4.69) is 14.9 Å². The van der Waals surface area contributed by atoms with E-state index in [1.807, 2.05) is 6.07 Å². The van der Waals surface area contributed by atoms with Gasteiger partial charge in [-0.25, -0.2) is 0 Å². The third-order valence-corrected chi connectivity index (χ3v) is 2.66. The molecular weight excluding hydrogens is 252 g/mol. The van der Waals surface area contributed by atoms with Gasteiger partial charge in [0.15, 0.2) is 6.61 Å². The van der Waals surface area contributed by atoms with Crippen molar-refractivity contribution in [3.05, 3.63) is 35.3 Å². The van der Waals surface area contributed by atoms with Gasteiger partial charge in [0.25, 0.3) is 5.91 Å². The Morgan fingerprint density at radius 1 is 1.44 bits per heavy atom. The molecule has 1 N–H and O–H groups in total. The zero-order valence-electron chi connectivity index (χ0n) is 9.16. The molecule has 7 heteroatoms. The summed E-state index contributed by atoms with van der Waals surface area (Å²) in [6, 6.07) is 8.62. The van der Waals surface area contributed by atoms with Crippen molar-refractivity contribution < 1.29 is 9.53 Å². The van der Waals surface area contributed by atoms with Crippen LogP contribution >= 0.6 is 11.5 Å². The van der Waals surface area contributed by atoms with Gasteiger partial charge in [0.05, 0.1) is 6.20 Å². The SMILES string of the molecule is N#CCOc1ccc(NC(=O)c2cnns2)cc1. The van der Waals surface area contributed by atoms with Gasteiger partial charge < -0.3 is 10.1 Å². The van der Waals surface area contributed by atoms with Crippen molar-refractivity contribution in [2.24, 2.45) is 0 Å². The van der Waals surface area contributed by atoms with Crippen LogP contribution in [0.1, 0.15) is 9.67 Å². The standard InChI is InChI=1S/C11H8N4O2S/c12-5-6-17-9-3-1-8(2-4-9)14-11(16)10-7-13-15-18-10/h1-4,7H,6H2,(H,14,16). The van der Waals surface area contributed by atoms with Crippen LogP contribution in [0.2, 0.25) is 0 Å². The molecule has 0 radical (unpaired) electrons. The number of carbonyl (C=O) groups excluding carboxylic acids is 1. The largest absolute Gasteiger partial charge is 0.479 e. The van der Waals surface area contributed by atoms with E-state index in [1.54, 1.807) is 24.3 Å². The predicted octanol–water partition coefficient (Wildman–Crippen LogP) is 1.69. The van der Waals surface area contributed by atoms with Crippen molar-refractivity contribution in [3.8, 4) is 11.8 Å². The minimum Gasteiger partial charge on any atom is -0.479 e. The summed E-state index contributed by atoms with van der Waals surface area (Å²) in [6.07, 6.45) is 1.41. The van der Waals surface area contributed by atoms with E-state index in [0.717, 1.165) is 11.5 Å². The molecule has 18 heavy (non-hydrogen) atoms. The predicted molar refractivity (Wildman–Crippen MR) is 65.4 cm³/mol. The fourth-order valence-corrected chi connectivity index (χ4v) is 1.62. The Kier molecular flexibility index (Phi) is 3.83. The van der Waals surface area contributed by atoms with Crippen LogP contribution in [-0.4, -0.2) is 22.1 Å². The van der Waals surface area contributed by atoms with Crippen molar-refractivity contribution in [2.45, 2.75) is 0 Å². The molecule has 0 aliphatic rings. The van der Waals surface area contributed by atoms with Crippen LogP contribution in [0.5, 0.6) is 5.75 Å². The molecule has 0 saturated heterocycles. The number of anilines is 1. The third-order valence-electron chi connectivity index (χ3n) is 2.00. The number of hydrogen-bond donors (Lipinski definition) is 1. The van der Waals surface area contributed by atoms with Gasteiger partial charge in [-0.05, 0) is 35.8 Å².